The van der Waals surface area contributed by atoms with Crippen LogP contribution in [0.15, 0.2) is 6.20 Å². The van der Waals surface area contributed by atoms with Crippen molar-refractivity contribution in [2.75, 3.05) is 11.9 Å². The molecule has 0 aromatic carbocycles. The molecule has 1 atom stereocenters. The molecule has 0 radical (unpaired) electrons. The molecule has 1 amide bonds. The molecule has 1 aliphatic heterocycles. The highest BCUT2D eigenvalue weighted by molar-refractivity contribution is 7.16. The normalized spacial score (nSPS) is 17.8. The van der Waals surface area contributed by atoms with E-state index < -0.39 is 0 Å². The highest BCUT2D eigenvalue weighted by atomic mass is 32.1. The molecule has 1 unspecified atom stereocenters. The van der Waals surface area contributed by atoms with Crippen molar-refractivity contribution in [2.45, 2.75) is 45.1 Å². The van der Waals surface area contributed by atoms with E-state index in [-0.39, 0.29) is 12.0 Å². The maximum atomic E-state index is 12.2. The minimum atomic E-state index is -0.181. The monoisotopic (exact) mass is 338 g/mol. The Kier molecular flexibility index (Phi) is 5.12. The second kappa shape index (κ2) is 7.26. The summed E-state index contributed by atoms with van der Waals surface area (Å²) < 4.78 is 5.59. The van der Waals surface area contributed by atoms with Gasteiger partial charge in [-0.1, -0.05) is 24.7 Å². The van der Waals surface area contributed by atoms with Crippen LogP contribution in [0.5, 0.6) is 0 Å². The van der Waals surface area contributed by atoms with Crippen LogP contribution in [0.25, 0.3) is 0 Å². The number of hydrogen-bond acceptors (Lipinski definition) is 7. The van der Waals surface area contributed by atoms with E-state index in [1.165, 1.54) is 22.7 Å². The van der Waals surface area contributed by atoms with Crippen LogP contribution in [0.2, 0.25) is 0 Å². The van der Waals surface area contributed by atoms with Crippen molar-refractivity contribution in [1.29, 1.82) is 0 Å². The van der Waals surface area contributed by atoms with Gasteiger partial charge in [0.05, 0.1) is 6.20 Å². The number of amides is 1. The van der Waals surface area contributed by atoms with Gasteiger partial charge in [0, 0.05) is 13.0 Å². The molecule has 3 heterocycles. The lowest BCUT2D eigenvalue weighted by molar-refractivity contribution is 0.103. The molecular formula is C14H18N4O2S2. The number of anilines is 1. The highest BCUT2D eigenvalue weighted by Gasteiger charge is 2.22. The van der Waals surface area contributed by atoms with Crippen LogP contribution in [0.4, 0.5) is 5.13 Å². The second-order valence-electron chi connectivity index (χ2n) is 5.12. The number of hydrogen-bond donors (Lipinski definition) is 1. The van der Waals surface area contributed by atoms with E-state index in [1.54, 1.807) is 6.20 Å². The quantitative estimate of drug-likeness (QED) is 0.873. The Hall–Kier alpha value is -1.38. The van der Waals surface area contributed by atoms with E-state index in [0.717, 1.165) is 48.7 Å². The van der Waals surface area contributed by atoms with E-state index in [9.17, 15) is 4.79 Å². The van der Waals surface area contributed by atoms with E-state index in [0.29, 0.717) is 10.0 Å². The first-order valence-corrected chi connectivity index (χ1v) is 9.10. The fourth-order valence-corrected chi connectivity index (χ4v) is 3.88. The average molecular weight is 338 g/mol. The summed E-state index contributed by atoms with van der Waals surface area (Å²) in [4.78, 5) is 17.1. The Morgan fingerprint density at radius 3 is 3.14 bits per heavy atom. The Labute approximate surface area is 137 Å². The smallest absolute Gasteiger partial charge is 0.269 e. The maximum Gasteiger partial charge on any atom is 0.269 e. The topological polar surface area (TPSA) is 77.0 Å². The number of aryl methyl sites for hydroxylation is 1. The summed E-state index contributed by atoms with van der Waals surface area (Å²) in [7, 11) is 0. The van der Waals surface area contributed by atoms with Gasteiger partial charge in [-0.3, -0.25) is 10.1 Å². The van der Waals surface area contributed by atoms with Gasteiger partial charge >= 0.3 is 0 Å². The van der Waals surface area contributed by atoms with Crippen LogP contribution in [-0.4, -0.2) is 27.7 Å². The largest absolute Gasteiger partial charge is 0.371 e. The van der Waals surface area contributed by atoms with E-state index in [4.69, 9.17) is 4.74 Å². The number of carbonyl (C=O) groups excluding carboxylic acids is 1. The van der Waals surface area contributed by atoms with Gasteiger partial charge in [0.15, 0.2) is 0 Å². The standard InChI is InChI=1S/C14H18N4O2S2/c1-2-3-6-11-17-18-14(22-11)16-12(19)10-8-15-13(21-10)9-5-4-7-20-9/h8-9H,2-7H2,1H3,(H,16,18,19). The van der Waals surface area contributed by atoms with Crippen LogP contribution < -0.4 is 5.32 Å². The fraction of sp³-hybridized carbons (Fsp3) is 0.571. The van der Waals surface area contributed by atoms with Crippen LogP contribution in [0.3, 0.4) is 0 Å². The lowest BCUT2D eigenvalue weighted by atomic mass is 10.2. The maximum absolute atomic E-state index is 12.2. The number of rotatable bonds is 6. The summed E-state index contributed by atoms with van der Waals surface area (Å²) in [5.41, 5.74) is 0. The van der Waals surface area contributed by atoms with E-state index >= 15 is 0 Å². The van der Waals surface area contributed by atoms with Gasteiger partial charge in [-0.05, 0) is 19.3 Å². The summed E-state index contributed by atoms with van der Waals surface area (Å²) in [5, 5.41) is 13.3. The van der Waals surface area contributed by atoms with Gasteiger partial charge in [-0.15, -0.1) is 21.5 Å². The first-order valence-electron chi connectivity index (χ1n) is 7.47. The average Bonchev–Trinajstić information content (AvgIpc) is 3.25. The summed E-state index contributed by atoms with van der Waals surface area (Å²) in [6.07, 6.45) is 6.80. The number of carbonyl (C=O) groups is 1. The van der Waals surface area contributed by atoms with Gasteiger partial charge in [-0.25, -0.2) is 4.98 Å². The molecule has 2 aromatic rings. The molecule has 2 aromatic heterocycles. The zero-order chi connectivity index (χ0) is 15.4. The molecule has 22 heavy (non-hydrogen) atoms. The molecule has 0 spiro atoms. The molecule has 1 saturated heterocycles. The van der Waals surface area contributed by atoms with Crippen molar-refractivity contribution < 1.29 is 9.53 Å². The lowest BCUT2D eigenvalue weighted by Gasteiger charge is -2.03. The Morgan fingerprint density at radius 1 is 1.45 bits per heavy atom. The Bertz CT molecular complexity index is 634. The van der Waals surface area contributed by atoms with Crippen molar-refractivity contribution in [3.05, 3.63) is 21.1 Å². The lowest BCUT2D eigenvalue weighted by Crippen LogP contribution is -2.09. The number of nitrogens with one attached hydrogen (secondary N) is 1. The molecule has 118 valence electrons. The third kappa shape index (κ3) is 3.68. The Balaban J connectivity index is 1.60. The molecule has 6 nitrogen and oxygen atoms in total. The fourth-order valence-electron chi connectivity index (χ4n) is 2.21. The number of thiazole rings is 1. The van der Waals surface area contributed by atoms with Crippen molar-refractivity contribution in [3.63, 3.8) is 0 Å². The van der Waals surface area contributed by atoms with Crippen LogP contribution in [0, 0.1) is 0 Å². The van der Waals surface area contributed by atoms with Gasteiger partial charge < -0.3 is 4.74 Å². The summed E-state index contributed by atoms with van der Waals surface area (Å²) in [5.74, 6) is -0.181. The SMILES string of the molecule is CCCCc1nnc(NC(=O)c2cnc(C3CCCO3)s2)s1. The molecule has 8 heteroatoms. The number of unbranched alkanes of at least 4 members (excludes halogenated alkanes) is 1. The summed E-state index contributed by atoms with van der Waals surface area (Å²) in [6.45, 7) is 2.91. The van der Waals surface area contributed by atoms with Crippen molar-refractivity contribution >= 4 is 33.7 Å². The summed E-state index contributed by atoms with van der Waals surface area (Å²) in [6, 6.07) is 0. The predicted molar refractivity (Wildman–Crippen MR) is 86.5 cm³/mol. The van der Waals surface area contributed by atoms with Crippen LogP contribution in [0.1, 0.15) is 58.4 Å². The number of ether oxygens (including phenoxy) is 1. The molecular weight excluding hydrogens is 320 g/mol. The molecule has 3 rings (SSSR count). The first-order chi connectivity index (χ1) is 10.8. The first kappa shape index (κ1) is 15.5. The zero-order valence-corrected chi connectivity index (χ0v) is 14.0. The molecule has 1 aliphatic rings. The van der Waals surface area contributed by atoms with E-state index in [1.807, 2.05) is 0 Å². The number of nitrogens with zero attached hydrogens (tertiary/aromatic N) is 3. The molecule has 1 N–H and O–H groups in total. The predicted octanol–water partition coefficient (Wildman–Crippen LogP) is 3.44. The number of aromatic nitrogens is 3. The molecule has 0 saturated carbocycles. The molecule has 1 fully saturated rings. The van der Waals surface area contributed by atoms with Crippen LogP contribution >= 0.6 is 22.7 Å². The van der Waals surface area contributed by atoms with Gasteiger partial charge in [0.1, 0.15) is 21.0 Å². The van der Waals surface area contributed by atoms with Crippen molar-refractivity contribution in [2.24, 2.45) is 0 Å². The minimum absolute atomic E-state index is 0.0497. The Morgan fingerprint density at radius 2 is 2.36 bits per heavy atom. The highest BCUT2D eigenvalue weighted by Crippen LogP contribution is 2.31. The third-order valence-electron chi connectivity index (χ3n) is 3.38. The minimum Gasteiger partial charge on any atom is -0.371 e. The van der Waals surface area contributed by atoms with Crippen LogP contribution in [-0.2, 0) is 11.2 Å². The van der Waals surface area contributed by atoms with Gasteiger partial charge in [0.2, 0.25) is 5.13 Å². The van der Waals surface area contributed by atoms with Gasteiger partial charge in [-0.2, -0.15) is 0 Å². The van der Waals surface area contributed by atoms with Crippen molar-refractivity contribution in [3.8, 4) is 0 Å². The van der Waals surface area contributed by atoms with E-state index in [2.05, 4.69) is 27.4 Å². The second-order valence-corrected chi connectivity index (χ2v) is 7.25. The molecule has 0 aliphatic carbocycles. The summed E-state index contributed by atoms with van der Waals surface area (Å²) >= 11 is 2.82. The van der Waals surface area contributed by atoms with Crippen molar-refractivity contribution in [1.82, 2.24) is 15.2 Å². The molecule has 0 bridgehead atoms. The van der Waals surface area contributed by atoms with Gasteiger partial charge in [0.25, 0.3) is 5.91 Å². The third-order valence-corrected chi connectivity index (χ3v) is 5.37. The zero-order valence-electron chi connectivity index (χ0n) is 12.4.